The minimum atomic E-state index is -1.16. The van der Waals surface area contributed by atoms with Crippen LogP contribution in [0.15, 0.2) is 12.1 Å². The minimum absolute atomic E-state index is 0.153. The first-order chi connectivity index (χ1) is 9.98. The summed E-state index contributed by atoms with van der Waals surface area (Å²) in [5, 5.41) is 11.6. The molecule has 0 aromatic heterocycles. The van der Waals surface area contributed by atoms with Crippen LogP contribution in [0.5, 0.6) is 11.5 Å². The quantitative estimate of drug-likeness (QED) is 0.747. The molecule has 21 heavy (non-hydrogen) atoms. The minimum Gasteiger partial charge on any atom is -0.493 e. The molecule has 1 aromatic rings. The van der Waals surface area contributed by atoms with E-state index in [1.807, 2.05) is 0 Å². The molecule has 0 aliphatic carbocycles. The number of amides is 1. The van der Waals surface area contributed by atoms with Crippen molar-refractivity contribution in [3.8, 4) is 11.5 Å². The van der Waals surface area contributed by atoms with Crippen LogP contribution in [0.1, 0.15) is 10.4 Å². The molecule has 0 aliphatic rings. The number of hydrogen-bond donors (Lipinski definition) is 2. The Kier molecular flexibility index (Phi) is 6.26. The van der Waals surface area contributed by atoms with E-state index in [0.717, 1.165) is 7.11 Å². The molecule has 116 valence electrons. The molecule has 0 bridgehead atoms. The van der Waals surface area contributed by atoms with E-state index in [9.17, 15) is 9.59 Å². The molecule has 8 heteroatoms. The van der Waals surface area contributed by atoms with Crippen LogP contribution in [-0.2, 0) is 9.53 Å². The molecular formula is C13H16ClNO6. The molecule has 0 spiro atoms. The molecule has 0 heterocycles. The second-order valence-electron chi connectivity index (χ2n) is 3.93. The molecule has 1 aromatic carbocycles. The Morgan fingerprint density at radius 3 is 2.43 bits per heavy atom. The number of benzene rings is 1. The fourth-order valence-electron chi connectivity index (χ4n) is 1.61. The maximum Gasteiger partial charge on any atom is 0.330 e. The summed E-state index contributed by atoms with van der Waals surface area (Å²) in [6.07, 6.45) is 0. The SMILES string of the molecule is COC(=O)[C@H](CO)NC(=O)c1cc(Cl)c(OC)c(OC)c1. The Hall–Kier alpha value is -1.99. The number of ether oxygens (including phenoxy) is 3. The standard InChI is InChI=1S/C13H16ClNO6/c1-19-10-5-7(4-8(14)11(10)20-2)12(17)15-9(6-16)13(18)21-3/h4-5,9,16H,6H2,1-3H3,(H,15,17)/t9-/m0/s1. The molecular weight excluding hydrogens is 302 g/mol. The first-order valence-corrected chi connectivity index (χ1v) is 6.27. The zero-order chi connectivity index (χ0) is 16.0. The molecule has 0 radical (unpaired) electrons. The largest absolute Gasteiger partial charge is 0.493 e. The summed E-state index contributed by atoms with van der Waals surface area (Å²) in [4.78, 5) is 23.4. The Bertz CT molecular complexity index is 534. The smallest absolute Gasteiger partial charge is 0.330 e. The third-order valence-electron chi connectivity index (χ3n) is 2.67. The van der Waals surface area contributed by atoms with Crippen LogP contribution in [0.2, 0.25) is 5.02 Å². The van der Waals surface area contributed by atoms with Gasteiger partial charge in [0.25, 0.3) is 5.91 Å². The third-order valence-corrected chi connectivity index (χ3v) is 2.95. The highest BCUT2D eigenvalue weighted by Crippen LogP contribution is 2.35. The van der Waals surface area contributed by atoms with E-state index in [1.54, 1.807) is 0 Å². The van der Waals surface area contributed by atoms with Crippen molar-refractivity contribution in [1.29, 1.82) is 0 Å². The van der Waals surface area contributed by atoms with Crippen molar-refractivity contribution in [3.63, 3.8) is 0 Å². The van der Waals surface area contributed by atoms with E-state index in [-0.39, 0.29) is 16.3 Å². The molecule has 7 nitrogen and oxygen atoms in total. The molecule has 1 amide bonds. The number of hydrogen-bond acceptors (Lipinski definition) is 6. The number of esters is 1. The molecule has 2 N–H and O–H groups in total. The van der Waals surface area contributed by atoms with Crippen LogP contribution in [-0.4, -0.2) is 51.0 Å². The van der Waals surface area contributed by atoms with Crippen LogP contribution in [0.4, 0.5) is 0 Å². The molecule has 0 saturated carbocycles. The normalized spacial score (nSPS) is 11.5. The molecule has 1 rings (SSSR count). The Morgan fingerprint density at radius 2 is 1.95 bits per heavy atom. The van der Waals surface area contributed by atoms with Gasteiger partial charge in [0.15, 0.2) is 17.5 Å². The predicted octanol–water partition coefficient (Wildman–Crippen LogP) is 0.621. The summed E-state index contributed by atoms with van der Waals surface area (Å²) in [7, 11) is 3.98. The number of aliphatic hydroxyl groups excluding tert-OH is 1. The first kappa shape index (κ1) is 17.1. The van der Waals surface area contributed by atoms with E-state index in [2.05, 4.69) is 10.1 Å². The van der Waals surface area contributed by atoms with Gasteiger partial charge in [-0.05, 0) is 12.1 Å². The van der Waals surface area contributed by atoms with E-state index >= 15 is 0 Å². The summed E-state index contributed by atoms with van der Waals surface area (Å²) < 4.78 is 14.6. The zero-order valence-electron chi connectivity index (χ0n) is 11.8. The number of nitrogens with one attached hydrogen (secondary N) is 1. The highest BCUT2D eigenvalue weighted by atomic mass is 35.5. The van der Waals surface area contributed by atoms with E-state index in [4.69, 9.17) is 26.2 Å². The van der Waals surface area contributed by atoms with Crippen molar-refractivity contribution in [3.05, 3.63) is 22.7 Å². The van der Waals surface area contributed by atoms with Crippen molar-refractivity contribution < 1.29 is 28.9 Å². The highest BCUT2D eigenvalue weighted by Gasteiger charge is 2.22. The third kappa shape index (κ3) is 3.99. The maximum atomic E-state index is 12.1. The van der Waals surface area contributed by atoms with Gasteiger partial charge in [0, 0.05) is 5.56 Å². The summed E-state index contributed by atoms with van der Waals surface area (Å²) in [6, 6.07) is 1.62. The first-order valence-electron chi connectivity index (χ1n) is 5.89. The monoisotopic (exact) mass is 317 g/mol. The van der Waals surface area contributed by atoms with Crippen LogP contribution in [0.3, 0.4) is 0 Å². The summed E-state index contributed by atoms with van der Waals surface area (Å²) in [6.45, 7) is -0.584. The van der Waals surface area contributed by atoms with Gasteiger partial charge in [0.2, 0.25) is 0 Å². The fraction of sp³-hybridized carbons (Fsp3) is 0.385. The average molecular weight is 318 g/mol. The van der Waals surface area contributed by atoms with Crippen LogP contribution in [0, 0.1) is 0 Å². The highest BCUT2D eigenvalue weighted by molar-refractivity contribution is 6.32. The van der Waals surface area contributed by atoms with Crippen molar-refractivity contribution >= 4 is 23.5 Å². The fourth-order valence-corrected chi connectivity index (χ4v) is 1.90. The van der Waals surface area contributed by atoms with E-state index < -0.39 is 24.5 Å². The second kappa shape index (κ2) is 7.70. The molecule has 1 atom stereocenters. The van der Waals surface area contributed by atoms with Gasteiger partial charge in [-0.25, -0.2) is 4.79 Å². The average Bonchev–Trinajstić information content (AvgIpc) is 2.50. The lowest BCUT2D eigenvalue weighted by Crippen LogP contribution is -2.44. The molecule has 0 aliphatic heterocycles. The van der Waals surface area contributed by atoms with Crippen LogP contribution < -0.4 is 14.8 Å². The van der Waals surface area contributed by atoms with Crippen molar-refractivity contribution in [2.45, 2.75) is 6.04 Å². The van der Waals surface area contributed by atoms with Gasteiger partial charge in [-0.1, -0.05) is 11.6 Å². The Morgan fingerprint density at radius 1 is 1.29 bits per heavy atom. The van der Waals surface area contributed by atoms with Gasteiger partial charge in [-0.15, -0.1) is 0 Å². The second-order valence-corrected chi connectivity index (χ2v) is 4.33. The maximum absolute atomic E-state index is 12.1. The van der Waals surface area contributed by atoms with Gasteiger partial charge in [-0.2, -0.15) is 0 Å². The van der Waals surface area contributed by atoms with Gasteiger partial charge in [0.05, 0.1) is 33.0 Å². The topological polar surface area (TPSA) is 94.1 Å². The number of rotatable bonds is 6. The van der Waals surface area contributed by atoms with Crippen molar-refractivity contribution in [2.75, 3.05) is 27.9 Å². The van der Waals surface area contributed by atoms with Gasteiger partial charge in [-0.3, -0.25) is 4.79 Å². The zero-order valence-corrected chi connectivity index (χ0v) is 12.6. The van der Waals surface area contributed by atoms with E-state index in [1.165, 1.54) is 26.4 Å². The van der Waals surface area contributed by atoms with Gasteiger partial charge >= 0.3 is 5.97 Å². The number of methoxy groups -OCH3 is 3. The summed E-state index contributed by atoms with van der Waals surface area (Å²) >= 11 is 5.99. The number of aliphatic hydroxyl groups is 1. The van der Waals surface area contributed by atoms with Crippen LogP contribution in [0.25, 0.3) is 0 Å². The number of halogens is 1. The Labute approximate surface area is 126 Å². The van der Waals surface area contributed by atoms with Gasteiger partial charge < -0.3 is 24.6 Å². The lowest BCUT2D eigenvalue weighted by molar-refractivity contribution is -0.143. The van der Waals surface area contributed by atoms with E-state index in [0.29, 0.717) is 5.75 Å². The summed E-state index contributed by atoms with van der Waals surface area (Å²) in [5.41, 5.74) is 0.153. The van der Waals surface area contributed by atoms with Crippen molar-refractivity contribution in [2.24, 2.45) is 0 Å². The molecule has 0 unspecified atom stereocenters. The van der Waals surface area contributed by atoms with Crippen LogP contribution >= 0.6 is 11.6 Å². The lowest BCUT2D eigenvalue weighted by atomic mass is 10.1. The molecule has 0 fully saturated rings. The van der Waals surface area contributed by atoms with Gasteiger partial charge in [0.1, 0.15) is 0 Å². The number of carbonyl (C=O) groups is 2. The number of carbonyl (C=O) groups excluding carboxylic acids is 2. The lowest BCUT2D eigenvalue weighted by Gasteiger charge is -2.15. The Balaban J connectivity index is 3.02. The predicted molar refractivity (Wildman–Crippen MR) is 74.9 cm³/mol. The molecule has 0 saturated heterocycles. The summed E-state index contributed by atoms with van der Waals surface area (Å²) in [5.74, 6) is -0.795. The van der Waals surface area contributed by atoms with Crippen molar-refractivity contribution in [1.82, 2.24) is 5.32 Å².